The molecule has 0 aliphatic rings. The lowest BCUT2D eigenvalue weighted by Crippen LogP contribution is -1.92. The molecule has 2 heterocycles. The van der Waals surface area contributed by atoms with E-state index >= 15 is 0 Å². The number of imidazole rings is 1. The Labute approximate surface area is 139 Å². The molecule has 0 spiro atoms. The van der Waals surface area contributed by atoms with E-state index in [9.17, 15) is 0 Å². The maximum atomic E-state index is 6.05. The molecule has 0 N–H and O–H groups in total. The monoisotopic (exact) mass is 359 g/mol. The lowest BCUT2D eigenvalue weighted by atomic mass is 10.2. The molecule has 0 radical (unpaired) electrons. The zero-order valence-corrected chi connectivity index (χ0v) is 13.5. The van der Waals surface area contributed by atoms with Gasteiger partial charge in [-0.15, -0.1) is 11.3 Å². The summed E-state index contributed by atoms with van der Waals surface area (Å²) in [5.41, 5.74) is 1.48. The zero-order chi connectivity index (χ0) is 14.8. The first-order valence-corrected chi connectivity index (χ1v) is 7.87. The number of benzene rings is 1. The van der Waals surface area contributed by atoms with Crippen molar-refractivity contribution < 1.29 is 4.84 Å². The molecular weight excluding hydrogens is 353 g/mol. The second-order valence-electron chi connectivity index (χ2n) is 4.09. The largest absolute Gasteiger partial charge is 0.391 e. The summed E-state index contributed by atoms with van der Waals surface area (Å²) >= 11 is 19.4. The van der Waals surface area contributed by atoms with Crippen LogP contribution in [0.5, 0.6) is 0 Å². The fourth-order valence-corrected chi connectivity index (χ4v) is 3.18. The van der Waals surface area contributed by atoms with Crippen LogP contribution in [0.15, 0.2) is 34.9 Å². The van der Waals surface area contributed by atoms with Crippen LogP contribution in [0.4, 0.5) is 0 Å². The average Bonchev–Trinajstić information content (AvgIpc) is 2.98. The Bertz CT molecular complexity index is 812. The summed E-state index contributed by atoms with van der Waals surface area (Å²) in [5, 5.41) is 7.34. The van der Waals surface area contributed by atoms with Crippen molar-refractivity contribution in [3.05, 3.63) is 56.2 Å². The highest BCUT2D eigenvalue weighted by molar-refractivity contribution is 7.15. The summed E-state index contributed by atoms with van der Waals surface area (Å²) in [7, 11) is 0. The van der Waals surface area contributed by atoms with Crippen LogP contribution in [-0.2, 0) is 11.4 Å². The van der Waals surface area contributed by atoms with E-state index in [-0.39, 0.29) is 6.61 Å². The number of rotatable bonds is 4. The fraction of sp³-hybridized carbons (Fsp3) is 0.0769. The highest BCUT2D eigenvalue weighted by Gasteiger charge is 2.09. The Morgan fingerprint density at radius 1 is 1.33 bits per heavy atom. The molecule has 0 bridgehead atoms. The number of fused-ring (bicyclic) bond motifs is 1. The summed E-state index contributed by atoms with van der Waals surface area (Å²) in [6.07, 6.45) is 3.40. The van der Waals surface area contributed by atoms with E-state index in [1.807, 2.05) is 16.0 Å². The van der Waals surface area contributed by atoms with E-state index in [4.69, 9.17) is 39.6 Å². The summed E-state index contributed by atoms with van der Waals surface area (Å²) in [6.45, 7) is 0.246. The minimum atomic E-state index is 0.246. The molecule has 4 nitrogen and oxygen atoms in total. The van der Waals surface area contributed by atoms with Crippen LogP contribution in [-0.4, -0.2) is 15.6 Å². The van der Waals surface area contributed by atoms with Gasteiger partial charge in [-0.2, -0.15) is 0 Å². The van der Waals surface area contributed by atoms with Gasteiger partial charge >= 0.3 is 0 Å². The van der Waals surface area contributed by atoms with Gasteiger partial charge in [0.25, 0.3) is 0 Å². The Morgan fingerprint density at radius 2 is 2.19 bits per heavy atom. The predicted octanol–water partition coefficient (Wildman–Crippen LogP) is 4.91. The van der Waals surface area contributed by atoms with Crippen molar-refractivity contribution in [3.63, 3.8) is 0 Å². The summed E-state index contributed by atoms with van der Waals surface area (Å²) in [4.78, 5) is 10.2. The van der Waals surface area contributed by atoms with Gasteiger partial charge in [-0.25, -0.2) is 4.98 Å². The van der Waals surface area contributed by atoms with Gasteiger partial charge in [0.1, 0.15) is 12.3 Å². The first kappa shape index (κ1) is 14.7. The number of thiazole rings is 1. The highest BCUT2D eigenvalue weighted by atomic mass is 35.5. The van der Waals surface area contributed by atoms with Gasteiger partial charge in [-0.1, -0.05) is 46.0 Å². The third kappa shape index (κ3) is 3.16. The third-order valence-electron chi connectivity index (χ3n) is 2.74. The van der Waals surface area contributed by atoms with Crippen LogP contribution >= 0.6 is 46.1 Å². The smallest absolute Gasteiger partial charge is 0.195 e. The Kier molecular flexibility index (Phi) is 4.35. The maximum absolute atomic E-state index is 6.05. The van der Waals surface area contributed by atoms with Crippen LogP contribution < -0.4 is 0 Å². The topological polar surface area (TPSA) is 38.9 Å². The summed E-state index contributed by atoms with van der Waals surface area (Å²) in [6, 6.07) is 5.20. The van der Waals surface area contributed by atoms with E-state index in [1.165, 1.54) is 17.6 Å². The molecule has 1 aromatic carbocycles. The number of halogens is 3. The normalized spacial score (nSPS) is 11.6. The lowest BCUT2D eigenvalue weighted by molar-refractivity contribution is 0.132. The standard InChI is InChI=1S/C13H8Cl3N3OS/c14-9-2-1-8(10(15)5-9)7-20-17-6-11-12(16)18-13-19(11)3-4-21-13/h1-6H,7H2. The molecule has 8 heteroatoms. The molecule has 0 saturated heterocycles. The van der Waals surface area contributed by atoms with Crippen molar-refractivity contribution in [2.75, 3.05) is 0 Å². The molecular formula is C13H8Cl3N3OS. The molecule has 21 heavy (non-hydrogen) atoms. The van der Waals surface area contributed by atoms with E-state index in [1.54, 1.807) is 18.2 Å². The van der Waals surface area contributed by atoms with E-state index < -0.39 is 0 Å². The van der Waals surface area contributed by atoms with Gasteiger partial charge in [-0.05, 0) is 12.1 Å². The molecule has 0 aliphatic carbocycles. The van der Waals surface area contributed by atoms with Crippen LogP contribution in [0.1, 0.15) is 11.3 Å². The number of hydrogen-bond acceptors (Lipinski definition) is 4. The first-order chi connectivity index (χ1) is 10.1. The van der Waals surface area contributed by atoms with Gasteiger partial charge in [0.15, 0.2) is 10.1 Å². The molecule has 2 aromatic heterocycles. The third-order valence-corrected chi connectivity index (χ3v) is 4.36. The molecule has 0 atom stereocenters. The molecule has 0 saturated carbocycles. The second kappa shape index (κ2) is 6.23. The number of aromatic nitrogens is 2. The zero-order valence-electron chi connectivity index (χ0n) is 10.5. The van der Waals surface area contributed by atoms with Crippen LogP contribution in [0.2, 0.25) is 15.2 Å². The number of hydrogen-bond donors (Lipinski definition) is 0. The highest BCUT2D eigenvalue weighted by Crippen LogP contribution is 2.22. The van der Waals surface area contributed by atoms with Crippen molar-refractivity contribution in [2.24, 2.45) is 5.16 Å². The van der Waals surface area contributed by atoms with Crippen molar-refractivity contribution in [1.29, 1.82) is 0 Å². The number of nitrogens with zero attached hydrogens (tertiary/aromatic N) is 3. The van der Waals surface area contributed by atoms with Gasteiger partial charge in [0.05, 0.1) is 6.21 Å². The molecule has 0 aliphatic heterocycles. The molecule has 3 aromatic rings. The van der Waals surface area contributed by atoms with Crippen molar-refractivity contribution in [1.82, 2.24) is 9.38 Å². The minimum absolute atomic E-state index is 0.246. The molecule has 108 valence electrons. The first-order valence-electron chi connectivity index (χ1n) is 5.85. The van der Waals surface area contributed by atoms with Gasteiger partial charge in [-0.3, -0.25) is 4.40 Å². The summed E-state index contributed by atoms with van der Waals surface area (Å²) in [5.74, 6) is 0. The van der Waals surface area contributed by atoms with Crippen molar-refractivity contribution in [3.8, 4) is 0 Å². The van der Waals surface area contributed by atoms with Crippen LogP contribution in [0.3, 0.4) is 0 Å². The van der Waals surface area contributed by atoms with E-state index in [0.29, 0.717) is 20.9 Å². The quantitative estimate of drug-likeness (QED) is 0.490. The minimum Gasteiger partial charge on any atom is -0.391 e. The Hall–Kier alpha value is -1.27. The van der Waals surface area contributed by atoms with Gasteiger partial charge < -0.3 is 4.84 Å². The van der Waals surface area contributed by atoms with Gasteiger partial charge in [0.2, 0.25) is 0 Å². The fourth-order valence-electron chi connectivity index (χ4n) is 1.73. The van der Waals surface area contributed by atoms with Crippen LogP contribution in [0, 0.1) is 0 Å². The maximum Gasteiger partial charge on any atom is 0.195 e. The van der Waals surface area contributed by atoms with E-state index in [0.717, 1.165) is 10.5 Å². The second-order valence-corrected chi connectivity index (χ2v) is 6.16. The predicted molar refractivity (Wildman–Crippen MR) is 86.9 cm³/mol. The van der Waals surface area contributed by atoms with Crippen LogP contribution in [0.25, 0.3) is 4.96 Å². The van der Waals surface area contributed by atoms with E-state index in [2.05, 4.69) is 10.1 Å². The Balaban J connectivity index is 1.70. The van der Waals surface area contributed by atoms with Gasteiger partial charge in [0, 0.05) is 27.2 Å². The molecule has 3 rings (SSSR count). The Morgan fingerprint density at radius 3 is 3.00 bits per heavy atom. The molecule has 0 fully saturated rings. The van der Waals surface area contributed by atoms with Crippen molar-refractivity contribution in [2.45, 2.75) is 6.61 Å². The molecule has 0 unspecified atom stereocenters. The molecule has 0 amide bonds. The number of oxime groups is 1. The van der Waals surface area contributed by atoms with Crippen molar-refractivity contribution >= 4 is 57.3 Å². The average molecular weight is 361 g/mol. The SMILES string of the molecule is Clc1ccc(CON=Cc2c(Cl)nc3sccn23)c(Cl)c1. The lowest BCUT2D eigenvalue weighted by Gasteiger charge is -2.02. The summed E-state index contributed by atoms with van der Waals surface area (Å²) < 4.78 is 1.84.